The summed E-state index contributed by atoms with van der Waals surface area (Å²) in [4.78, 5) is 0. The van der Waals surface area contributed by atoms with Crippen molar-refractivity contribution in [3.05, 3.63) is 48.0 Å². The molecule has 0 radical (unpaired) electrons. The van der Waals surface area contributed by atoms with Crippen LogP contribution in [0.5, 0.6) is 0 Å². The van der Waals surface area contributed by atoms with Crippen LogP contribution in [0.25, 0.3) is 10.8 Å². The van der Waals surface area contributed by atoms with Crippen molar-refractivity contribution in [1.29, 1.82) is 0 Å². The number of hydrogen-bond donors (Lipinski definition) is 1. The summed E-state index contributed by atoms with van der Waals surface area (Å²) < 4.78 is 0. The van der Waals surface area contributed by atoms with Crippen LogP contribution in [0, 0.1) is 0 Å². The fourth-order valence-electron chi connectivity index (χ4n) is 3.78. The van der Waals surface area contributed by atoms with Gasteiger partial charge in [0.2, 0.25) is 0 Å². The van der Waals surface area contributed by atoms with Crippen LogP contribution in [-0.4, -0.2) is 11.2 Å². The molecule has 2 unspecified atom stereocenters. The normalized spacial score (nSPS) is 13.4. The van der Waals surface area contributed by atoms with Crippen LogP contribution in [0.2, 0.25) is 0 Å². The molecule has 0 fully saturated rings. The van der Waals surface area contributed by atoms with Crippen LogP contribution in [0.3, 0.4) is 0 Å². The minimum absolute atomic E-state index is 0. The van der Waals surface area contributed by atoms with Gasteiger partial charge in [-0.2, -0.15) is 0 Å². The first-order valence-corrected chi connectivity index (χ1v) is 9.93. The van der Waals surface area contributed by atoms with Crippen LogP contribution < -0.4 is 0 Å². The molecule has 1 nitrogen and oxygen atoms in total. The molecule has 140 valence electrons. The summed E-state index contributed by atoms with van der Waals surface area (Å²) in [5, 5.41) is 13.3. The predicted molar refractivity (Wildman–Crippen MR) is 113 cm³/mol. The molecule has 0 spiro atoms. The van der Waals surface area contributed by atoms with Crippen molar-refractivity contribution in [2.24, 2.45) is 0 Å². The second kappa shape index (κ2) is 12.3. The van der Waals surface area contributed by atoms with Crippen molar-refractivity contribution in [3.8, 4) is 0 Å². The van der Waals surface area contributed by atoms with E-state index in [1.54, 1.807) is 0 Å². The van der Waals surface area contributed by atoms with E-state index in [4.69, 9.17) is 0 Å². The van der Waals surface area contributed by atoms with Gasteiger partial charge in [0.25, 0.3) is 0 Å². The fourth-order valence-corrected chi connectivity index (χ4v) is 3.78. The summed E-state index contributed by atoms with van der Waals surface area (Å²) in [5.41, 5.74) is 1.31. The molecule has 2 atom stereocenters. The lowest BCUT2D eigenvalue weighted by Crippen LogP contribution is -2.18. The zero-order chi connectivity index (χ0) is 17.2. The Morgan fingerprint density at radius 3 is 2.16 bits per heavy atom. The van der Waals surface area contributed by atoms with Crippen molar-refractivity contribution in [2.75, 3.05) is 0 Å². The number of hydrogen-bond acceptors (Lipinski definition) is 1. The zero-order valence-electron chi connectivity index (χ0n) is 15.9. The Balaban J connectivity index is 0.00000312. The lowest BCUT2D eigenvalue weighted by atomic mass is 9.85. The number of fused-ring (bicyclic) bond motifs is 1. The molecule has 0 amide bonds. The smallest absolute Gasteiger partial charge is 0.0608 e. The largest absolute Gasteiger partial charge is 0.392 e. The first-order valence-electron chi connectivity index (χ1n) is 9.93. The molecular weight excluding hydrogens is 328 g/mol. The highest BCUT2D eigenvalue weighted by molar-refractivity contribution is 5.86. The molecule has 2 aromatic carbocycles. The number of aliphatic hydroxyl groups is 1. The van der Waals surface area contributed by atoms with Gasteiger partial charge in [0.05, 0.1) is 6.10 Å². The van der Waals surface area contributed by atoms with Crippen LogP contribution in [0.4, 0.5) is 0 Å². The van der Waals surface area contributed by atoms with Crippen LogP contribution >= 0.6 is 12.4 Å². The Morgan fingerprint density at radius 2 is 1.44 bits per heavy atom. The van der Waals surface area contributed by atoms with Gasteiger partial charge < -0.3 is 5.11 Å². The predicted octanol–water partition coefficient (Wildman–Crippen LogP) is 7.26. The Hall–Kier alpha value is -1.05. The van der Waals surface area contributed by atoms with Gasteiger partial charge in [-0.05, 0) is 29.2 Å². The summed E-state index contributed by atoms with van der Waals surface area (Å²) in [5.74, 6) is 0.246. The van der Waals surface area contributed by atoms with E-state index in [9.17, 15) is 5.11 Å². The van der Waals surface area contributed by atoms with Crippen molar-refractivity contribution >= 4 is 23.2 Å². The summed E-state index contributed by atoms with van der Waals surface area (Å²) >= 11 is 0. The maximum absolute atomic E-state index is 10.8. The molecule has 25 heavy (non-hydrogen) atoms. The average molecular weight is 363 g/mol. The molecular formula is C23H35ClO. The lowest BCUT2D eigenvalue weighted by molar-refractivity contribution is 0.128. The third-order valence-corrected chi connectivity index (χ3v) is 5.23. The van der Waals surface area contributed by atoms with Crippen LogP contribution in [0.1, 0.15) is 83.1 Å². The topological polar surface area (TPSA) is 20.2 Å². The molecule has 1 N–H and O–H groups in total. The Morgan fingerprint density at radius 1 is 0.800 bits per heavy atom. The van der Waals surface area contributed by atoms with Crippen molar-refractivity contribution < 1.29 is 5.11 Å². The number of rotatable bonds is 11. The monoisotopic (exact) mass is 362 g/mol. The maximum Gasteiger partial charge on any atom is 0.0608 e. The summed E-state index contributed by atoms with van der Waals surface area (Å²) in [7, 11) is 0. The quantitative estimate of drug-likeness (QED) is 0.417. The number of halogens is 1. The van der Waals surface area contributed by atoms with E-state index in [0.717, 1.165) is 19.3 Å². The van der Waals surface area contributed by atoms with Gasteiger partial charge in [0.15, 0.2) is 0 Å². The fraction of sp³-hybridized carbons (Fsp3) is 0.565. The standard InChI is InChI=1S/C23H34O.ClH/c1-3-5-6-7-8-9-10-18-23(24)20(4-2)22-17-13-15-19-14-11-12-16-21(19)22;/h11-17,20,23-24H,3-10,18H2,1-2H3;1H. The van der Waals surface area contributed by atoms with Gasteiger partial charge in [0, 0.05) is 5.92 Å². The summed E-state index contributed by atoms with van der Waals surface area (Å²) in [6, 6.07) is 15.0. The Labute approximate surface area is 160 Å². The Kier molecular flexibility index (Phi) is 10.8. The number of aliphatic hydroxyl groups excluding tert-OH is 1. The first kappa shape index (κ1) is 22.0. The zero-order valence-corrected chi connectivity index (χ0v) is 16.7. The van der Waals surface area contributed by atoms with E-state index in [1.165, 1.54) is 54.9 Å². The third kappa shape index (κ3) is 6.64. The van der Waals surface area contributed by atoms with Gasteiger partial charge >= 0.3 is 0 Å². The highest BCUT2D eigenvalue weighted by Crippen LogP contribution is 2.32. The summed E-state index contributed by atoms with van der Waals surface area (Å²) in [6.07, 6.45) is 10.8. The molecule has 2 rings (SSSR count). The molecule has 2 heteroatoms. The molecule has 2 aromatic rings. The van der Waals surface area contributed by atoms with Crippen molar-refractivity contribution in [2.45, 2.75) is 83.7 Å². The van der Waals surface area contributed by atoms with Gasteiger partial charge in [-0.1, -0.05) is 101 Å². The van der Waals surface area contributed by atoms with Crippen LogP contribution in [-0.2, 0) is 0 Å². The van der Waals surface area contributed by atoms with Gasteiger partial charge in [-0.15, -0.1) is 12.4 Å². The van der Waals surface area contributed by atoms with Gasteiger partial charge in [-0.25, -0.2) is 0 Å². The van der Waals surface area contributed by atoms with E-state index >= 15 is 0 Å². The van der Waals surface area contributed by atoms with E-state index in [-0.39, 0.29) is 24.4 Å². The lowest BCUT2D eigenvalue weighted by Gasteiger charge is -2.23. The van der Waals surface area contributed by atoms with E-state index in [0.29, 0.717) is 0 Å². The molecule has 0 bridgehead atoms. The highest BCUT2D eigenvalue weighted by Gasteiger charge is 2.20. The second-order valence-corrected chi connectivity index (χ2v) is 7.06. The summed E-state index contributed by atoms with van der Waals surface area (Å²) in [6.45, 7) is 4.45. The van der Waals surface area contributed by atoms with Gasteiger partial charge in [0.1, 0.15) is 0 Å². The van der Waals surface area contributed by atoms with E-state index in [1.807, 2.05) is 0 Å². The Bertz CT molecular complexity index is 590. The van der Waals surface area contributed by atoms with Crippen molar-refractivity contribution in [3.63, 3.8) is 0 Å². The minimum Gasteiger partial charge on any atom is -0.392 e. The van der Waals surface area contributed by atoms with E-state index < -0.39 is 0 Å². The third-order valence-electron chi connectivity index (χ3n) is 5.23. The molecule has 0 aliphatic rings. The highest BCUT2D eigenvalue weighted by atomic mass is 35.5. The number of unbranched alkanes of at least 4 members (excludes halogenated alkanes) is 6. The van der Waals surface area contributed by atoms with E-state index in [2.05, 4.69) is 56.3 Å². The second-order valence-electron chi connectivity index (χ2n) is 7.06. The first-order chi connectivity index (χ1) is 11.8. The molecule has 0 aromatic heterocycles. The van der Waals surface area contributed by atoms with Crippen LogP contribution in [0.15, 0.2) is 42.5 Å². The maximum atomic E-state index is 10.8. The molecule has 0 saturated carbocycles. The van der Waals surface area contributed by atoms with Gasteiger partial charge in [-0.3, -0.25) is 0 Å². The molecule has 0 aliphatic heterocycles. The number of benzene rings is 2. The SMILES string of the molecule is CCCCCCCCCC(O)C(CC)c1cccc2ccccc12.Cl. The van der Waals surface area contributed by atoms with Crippen molar-refractivity contribution in [1.82, 2.24) is 0 Å². The molecule has 0 heterocycles. The average Bonchev–Trinajstić information content (AvgIpc) is 2.62. The molecule has 0 saturated heterocycles. The minimum atomic E-state index is -0.226. The molecule has 0 aliphatic carbocycles.